The monoisotopic (exact) mass is 419 g/mol. The van der Waals surface area contributed by atoms with E-state index < -0.39 is 17.6 Å². The molecule has 29 heavy (non-hydrogen) atoms. The van der Waals surface area contributed by atoms with Gasteiger partial charge in [0.25, 0.3) is 5.91 Å². The number of nitrogens with zero attached hydrogens (tertiary/aromatic N) is 2. The van der Waals surface area contributed by atoms with Crippen molar-refractivity contribution in [3.05, 3.63) is 76.5 Å². The van der Waals surface area contributed by atoms with Crippen molar-refractivity contribution in [3.8, 4) is 5.69 Å². The lowest BCUT2D eigenvalue weighted by Gasteiger charge is -2.09. The summed E-state index contributed by atoms with van der Waals surface area (Å²) in [6.45, 7) is 1.78. The van der Waals surface area contributed by atoms with Gasteiger partial charge in [0.15, 0.2) is 0 Å². The molecule has 0 unspecified atom stereocenters. The van der Waals surface area contributed by atoms with Gasteiger partial charge in [0, 0.05) is 11.1 Å². The van der Waals surface area contributed by atoms with Crippen LogP contribution in [0.15, 0.2) is 54.6 Å². The highest BCUT2D eigenvalue weighted by molar-refractivity contribution is 7.20. The molecule has 0 radical (unpaired) electrons. The molecule has 4 aromatic rings. The van der Waals surface area contributed by atoms with Gasteiger partial charge in [0.1, 0.15) is 10.6 Å². The molecule has 0 saturated heterocycles. The molecule has 0 aliphatic rings. The highest BCUT2D eigenvalue weighted by Gasteiger charge is 2.30. The number of benzene rings is 2. The van der Waals surface area contributed by atoms with Crippen molar-refractivity contribution in [2.75, 3.05) is 5.32 Å². The number of anilines is 1. The minimum atomic E-state index is -4.49. The van der Waals surface area contributed by atoms with Gasteiger partial charge in [0.2, 0.25) is 0 Å². The minimum Gasteiger partial charge on any atom is -0.321 e. The number of alkyl halides is 3. The number of carbonyl (C=O) groups is 1. The summed E-state index contributed by atoms with van der Waals surface area (Å²) in [7, 11) is 0. The largest absolute Gasteiger partial charge is 0.416 e. The standard InChI is InChI=1S/C20H13F4N3OS/c1-11-16-10-17(18(28)25-14-4-2-3-12(9-14)20(22,23)24)29-19(16)27(26-11)15-7-5-13(21)6-8-15/h2-10H,1H3,(H,25,28). The molecule has 0 aliphatic heterocycles. The number of thiophene rings is 1. The smallest absolute Gasteiger partial charge is 0.321 e. The molecular formula is C20H13F4N3OS. The van der Waals surface area contributed by atoms with E-state index >= 15 is 0 Å². The number of halogens is 4. The summed E-state index contributed by atoms with van der Waals surface area (Å²) in [5.74, 6) is -0.892. The average molecular weight is 419 g/mol. The van der Waals surface area contributed by atoms with E-state index in [2.05, 4.69) is 10.4 Å². The zero-order valence-corrected chi connectivity index (χ0v) is 15.7. The minimum absolute atomic E-state index is 0.0548. The third-order valence-corrected chi connectivity index (χ3v) is 5.40. The molecule has 2 aromatic heterocycles. The summed E-state index contributed by atoms with van der Waals surface area (Å²) >= 11 is 1.15. The first kappa shape index (κ1) is 19.1. The summed E-state index contributed by atoms with van der Waals surface area (Å²) in [6, 6.07) is 11.9. The first-order valence-corrected chi connectivity index (χ1v) is 9.28. The van der Waals surface area contributed by atoms with Crippen LogP contribution in [0.25, 0.3) is 15.9 Å². The number of fused-ring (bicyclic) bond motifs is 1. The second-order valence-corrected chi connectivity index (χ2v) is 7.37. The number of rotatable bonds is 3. The highest BCUT2D eigenvalue weighted by atomic mass is 32.1. The maximum absolute atomic E-state index is 13.2. The van der Waals surface area contributed by atoms with Crippen LogP contribution in [-0.2, 0) is 6.18 Å². The normalized spacial score (nSPS) is 11.8. The fraction of sp³-hybridized carbons (Fsp3) is 0.100. The summed E-state index contributed by atoms with van der Waals surface area (Å²) in [5.41, 5.74) is 0.531. The topological polar surface area (TPSA) is 46.9 Å². The number of carbonyl (C=O) groups excluding carboxylic acids is 1. The van der Waals surface area contributed by atoms with Gasteiger partial charge in [-0.15, -0.1) is 11.3 Å². The fourth-order valence-electron chi connectivity index (χ4n) is 2.88. The number of aryl methyl sites for hydroxylation is 1. The van der Waals surface area contributed by atoms with Crippen LogP contribution in [0.3, 0.4) is 0 Å². The van der Waals surface area contributed by atoms with Gasteiger partial charge in [-0.3, -0.25) is 4.79 Å². The molecule has 2 heterocycles. The average Bonchev–Trinajstić information content (AvgIpc) is 3.23. The maximum Gasteiger partial charge on any atom is 0.416 e. The summed E-state index contributed by atoms with van der Waals surface area (Å²) < 4.78 is 53.4. The van der Waals surface area contributed by atoms with Crippen molar-refractivity contribution in [2.24, 2.45) is 0 Å². The van der Waals surface area contributed by atoms with Crippen LogP contribution in [0, 0.1) is 12.7 Å². The number of nitrogens with one attached hydrogen (secondary N) is 1. The molecule has 0 aliphatic carbocycles. The van der Waals surface area contributed by atoms with E-state index in [1.54, 1.807) is 29.8 Å². The van der Waals surface area contributed by atoms with Gasteiger partial charge in [0.05, 0.1) is 21.8 Å². The van der Waals surface area contributed by atoms with Crippen LogP contribution in [0.4, 0.5) is 23.2 Å². The Morgan fingerprint density at radius 1 is 1.10 bits per heavy atom. The lowest BCUT2D eigenvalue weighted by atomic mass is 10.2. The lowest BCUT2D eigenvalue weighted by molar-refractivity contribution is -0.137. The van der Waals surface area contributed by atoms with Gasteiger partial charge in [-0.25, -0.2) is 9.07 Å². The Morgan fingerprint density at radius 3 is 2.52 bits per heavy atom. The first-order chi connectivity index (χ1) is 13.7. The Balaban J connectivity index is 1.66. The second-order valence-electron chi connectivity index (χ2n) is 6.34. The Hall–Kier alpha value is -3.20. The van der Waals surface area contributed by atoms with Crippen LogP contribution in [-0.4, -0.2) is 15.7 Å². The van der Waals surface area contributed by atoms with Gasteiger partial charge in [-0.05, 0) is 55.5 Å². The quantitative estimate of drug-likeness (QED) is 0.426. The van der Waals surface area contributed by atoms with Crippen molar-refractivity contribution in [2.45, 2.75) is 13.1 Å². The summed E-state index contributed by atoms with van der Waals surface area (Å²) in [5, 5.41) is 7.66. The van der Waals surface area contributed by atoms with E-state index in [4.69, 9.17) is 0 Å². The van der Waals surface area contributed by atoms with E-state index in [0.717, 1.165) is 28.9 Å². The molecule has 0 spiro atoms. The van der Waals surface area contributed by atoms with Crippen molar-refractivity contribution in [3.63, 3.8) is 0 Å². The van der Waals surface area contributed by atoms with E-state index in [1.807, 2.05) is 0 Å². The maximum atomic E-state index is 13.2. The van der Waals surface area contributed by atoms with Crippen LogP contribution in [0.5, 0.6) is 0 Å². The van der Waals surface area contributed by atoms with Crippen molar-refractivity contribution in [1.82, 2.24) is 9.78 Å². The molecule has 2 aromatic carbocycles. The first-order valence-electron chi connectivity index (χ1n) is 8.46. The van der Waals surface area contributed by atoms with Crippen LogP contribution < -0.4 is 5.32 Å². The van der Waals surface area contributed by atoms with Crippen molar-refractivity contribution < 1.29 is 22.4 Å². The molecule has 1 N–H and O–H groups in total. The van der Waals surface area contributed by atoms with Gasteiger partial charge in [-0.2, -0.15) is 18.3 Å². The third-order valence-electron chi connectivity index (χ3n) is 4.29. The van der Waals surface area contributed by atoms with Crippen molar-refractivity contribution >= 4 is 33.1 Å². The predicted octanol–water partition coefficient (Wildman–Crippen LogP) is 5.81. The van der Waals surface area contributed by atoms with Crippen LogP contribution in [0.1, 0.15) is 20.9 Å². The Labute approximate surface area is 166 Å². The molecule has 1 amide bonds. The van der Waals surface area contributed by atoms with Crippen molar-refractivity contribution in [1.29, 1.82) is 0 Å². The highest BCUT2D eigenvalue weighted by Crippen LogP contribution is 2.33. The van der Waals surface area contributed by atoms with Gasteiger partial charge in [-0.1, -0.05) is 6.07 Å². The second kappa shape index (κ2) is 7.00. The SMILES string of the molecule is Cc1nn(-c2ccc(F)cc2)c2sc(C(=O)Nc3cccc(C(F)(F)F)c3)cc12. The van der Waals surface area contributed by atoms with Gasteiger partial charge < -0.3 is 5.32 Å². The summed E-state index contributed by atoms with van der Waals surface area (Å²) in [6.07, 6.45) is -4.49. The third kappa shape index (κ3) is 3.73. The Kier molecular flexibility index (Phi) is 4.62. The Morgan fingerprint density at radius 2 is 1.83 bits per heavy atom. The molecule has 9 heteroatoms. The molecule has 0 atom stereocenters. The zero-order valence-electron chi connectivity index (χ0n) is 14.9. The molecule has 0 fully saturated rings. The number of aromatic nitrogens is 2. The number of hydrogen-bond donors (Lipinski definition) is 1. The molecule has 4 rings (SSSR count). The summed E-state index contributed by atoms with van der Waals surface area (Å²) in [4.78, 5) is 13.6. The van der Waals surface area contributed by atoms with Crippen LogP contribution >= 0.6 is 11.3 Å². The molecule has 0 bridgehead atoms. The fourth-order valence-corrected chi connectivity index (χ4v) is 3.96. The van der Waals surface area contributed by atoms with Gasteiger partial charge >= 0.3 is 6.18 Å². The lowest BCUT2D eigenvalue weighted by Crippen LogP contribution is -2.12. The predicted molar refractivity (Wildman–Crippen MR) is 103 cm³/mol. The van der Waals surface area contributed by atoms with E-state index in [-0.39, 0.29) is 11.5 Å². The zero-order chi connectivity index (χ0) is 20.8. The number of hydrogen-bond acceptors (Lipinski definition) is 3. The number of amides is 1. The van der Waals surface area contributed by atoms with E-state index in [9.17, 15) is 22.4 Å². The molecule has 0 saturated carbocycles. The van der Waals surface area contributed by atoms with Crippen LogP contribution in [0.2, 0.25) is 0 Å². The molecule has 4 nitrogen and oxygen atoms in total. The molecule has 148 valence electrons. The Bertz CT molecular complexity index is 1210. The van der Waals surface area contributed by atoms with E-state index in [1.165, 1.54) is 24.3 Å². The molecular weight excluding hydrogens is 406 g/mol. The van der Waals surface area contributed by atoms with E-state index in [0.29, 0.717) is 21.1 Å².